The molecule has 7 nitrogen and oxygen atoms in total. The SMILES string of the molecule is CCc1ccc(/C=C/C(=O)/C=C/c2ccc(OS(=O)(=O)CC)c(C)c2)cc1C.O=S(=O)=O. The second-order valence-electron chi connectivity index (χ2n) is 6.77. The minimum Gasteiger partial charge on any atom is -0.382 e. The maximum atomic E-state index is 12.1. The van der Waals surface area contributed by atoms with E-state index in [1.807, 2.05) is 6.07 Å². The first-order valence-corrected chi connectivity index (χ1v) is 12.3. The summed E-state index contributed by atoms with van der Waals surface area (Å²) in [4.78, 5) is 12.1. The van der Waals surface area contributed by atoms with Crippen molar-refractivity contribution in [1.82, 2.24) is 0 Å². The molecule has 0 aliphatic heterocycles. The maximum absolute atomic E-state index is 12.1. The molecule has 0 bridgehead atoms. The van der Waals surface area contributed by atoms with Crippen LogP contribution in [0.5, 0.6) is 5.75 Å². The Morgan fingerprint density at radius 1 is 0.906 bits per heavy atom. The summed E-state index contributed by atoms with van der Waals surface area (Å²) in [6.45, 7) is 7.48. The maximum Gasteiger partial charge on any atom is 0.425 e. The van der Waals surface area contributed by atoms with Gasteiger partial charge in [-0.2, -0.15) is 8.42 Å². The Morgan fingerprint density at radius 3 is 1.84 bits per heavy atom. The standard InChI is InChI=1S/C23H26O4S.O3S/c1-5-21-11-7-19(15-17(21)3)8-12-22(24)13-9-20-10-14-23(18(4)16-20)27-28(25,26)6-2;1-4(2)3/h7-16H,5-6H2,1-4H3;/b12-8+,13-9+;. The number of ketones is 1. The lowest BCUT2D eigenvalue weighted by molar-refractivity contribution is -0.110. The van der Waals surface area contributed by atoms with E-state index in [2.05, 4.69) is 26.0 Å². The molecule has 0 heterocycles. The molecule has 2 aromatic rings. The number of rotatable bonds is 8. The van der Waals surface area contributed by atoms with Gasteiger partial charge in [0.05, 0.1) is 5.75 Å². The van der Waals surface area contributed by atoms with Crippen LogP contribution in [0, 0.1) is 13.8 Å². The second-order valence-corrected chi connectivity index (χ2v) is 9.03. The smallest absolute Gasteiger partial charge is 0.382 e. The van der Waals surface area contributed by atoms with Crippen molar-refractivity contribution < 1.29 is 30.0 Å². The molecule has 0 atom stereocenters. The molecular weight excluding hydrogens is 452 g/mol. The van der Waals surface area contributed by atoms with Crippen molar-refractivity contribution in [3.05, 3.63) is 76.4 Å². The highest BCUT2D eigenvalue weighted by Crippen LogP contribution is 2.21. The molecule has 0 fully saturated rings. The van der Waals surface area contributed by atoms with Gasteiger partial charge in [0.15, 0.2) is 5.78 Å². The zero-order valence-corrected chi connectivity index (χ0v) is 20.0. The number of carbonyl (C=O) groups excluding carboxylic acids is 1. The number of hydrogen-bond acceptors (Lipinski definition) is 7. The van der Waals surface area contributed by atoms with Crippen molar-refractivity contribution in [1.29, 1.82) is 0 Å². The highest BCUT2D eigenvalue weighted by atomic mass is 32.2. The molecule has 9 heteroatoms. The van der Waals surface area contributed by atoms with E-state index in [1.54, 1.807) is 37.3 Å². The minimum absolute atomic E-state index is 0.0877. The molecule has 0 unspecified atom stereocenters. The Morgan fingerprint density at radius 2 is 1.41 bits per heavy atom. The van der Waals surface area contributed by atoms with Gasteiger partial charge < -0.3 is 4.18 Å². The average molecular weight is 479 g/mol. The van der Waals surface area contributed by atoms with E-state index in [1.165, 1.54) is 30.2 Å². The average Bonchev–Trinajstić information content (AvgIpc) is 2.72. The second kappa shape index (κ2) is 12.7. The predicted molar refractivity (Wildman–Crippen MR) is 125 cm³/mol. The molecule has 0 N–H and O–H groups in total. The Bertz CT molecular complexity index is 1220. The van der Waals surface area contributed by atoms with Crippen molar-refractivity contribution in [2.75, 3.05) is 5.75 Å². The molecule has 172 valence electrons. The van der Waals surface area contributed by atoms with Gasteiger partial charge in [-0.1, -0.05) is 43.3 Å². The molecular formula is C23H26O7S2. The van der Waals surface area contributed by atoms with Crippen LogP contribution in [0.25, 0.3) is 12.2 Å². The van der Waals surface area contributed by atoms with Crippen LogP contribution in [0.4, 0.5) is 0 Å². The third kappa shape index (κ3) is 9.84. The summed E-state index contributed by atoms with van der Waals surface area (Å²) in [5, 5.41) is 0. The minimum atomic E-state index is -3.56. The van der Waals surface area contributed by atoms with Crippen LogP contribution in [0.2, 0.25) is 0 Å². The molecule has 0 radical (unpaired) electrons. The number of carbonyl (C=O) groups is 1. The van der Waals surface area contributed by atoms with Gasteiger partial charge in [-0.25, -0.2) is 0 Å². The lowest BCUT2D eigenvalue weighted by atomic mass is 10.0. The van der Waals surface area contributed by atoms with Crippen LogP contribution in [0.3, 0.4) is 0 Å². The molecule has 0 saturated carbocycles. The quantitative estimate of drug-likeness (QED) is 0.418. The number of aryl methyl sites for hydroxylation is 3. The van der Waals surface area contributed by atoms with Crippen LogP contribution in [0.15, 0.2) is 48.6 Å². The summed E-state index contributed by atoms with van der Waals surface area (Å²) in [6, 6.07) is 11.3. The first-order valence-electron chi connectivity index (χ1n) is 9.76. The van der Waals surface area contributed by atoms with Crippen LogP contribution in [-0.4, -0.2) is 32.6 Å². The number of allylic oxidation sites excluding steroid dienone is 2. The van der Waals surface area contributed by atoms with Crippen molar-refractivity contribution >= 4 is 38.7 Å². The summed E-state index contributed by atoms with van der Waals surface area (Å²) >= 11 is 0. The molecule has 32 heavy (non-hydrogen) atoms. The van der Waals surface area contributed by atoms with Crippen molar-refractivity contribution in [2.45, 2.75) is 34.1 Å². The molecule has 2 aromatic carbocycles. The first-order chi connectivity index (χ1) is 15.0. The van der Waals surface area contributed by atoms with E-state index >= 15 is 0 Å². The van der Waals surface area contributed by atoms with E-state index < -0.39 is 20.7 Å². The highest BCUT2D eigenvalue weighted by Gasteiger charge is 2.11. The van der Waals surface area contributed by atoms with Gasteiger partial charge in [0.2, 0.25) is 0 Å². The van der Waals surface area contributed by atoms with Crippen LogP contribution in [0.1, 0.15) is 41.7 Å². The van der Waals surface area contributed by atoms with E-state index in [0.29, 0.717) is 11.3 Å². The zero-order chi connectivity index (χ0) is 24.3. The Balaban J connectivity index is 0.00000118. The topological polar surface area (TPSA) is 112 Å². The van der Waals surface area contributed by atoms with E-state index in [9.17, 15) is 13.2 Å². The fourth-order valence-electron chi connectivity index (χ4n) is 2.70. The zero-order valence-electron chi connectivity index (χ0n) is 18.4. The van der Waals surface area contributed by atoms with Crippen LogP contribution >= 0.6 is 0 Å². The molecule has 0 aromatic heterocycles. The highest BCUT2D eigenvalue weighted by molar-refractivity contribution is 7.87. The molecule has 0 aliphatic carbocycles. The lowest BCUT2D eigenvalue weighted by Crippen LogP contribution is -2.12. The fraction of sp³-hybridized carbons (Fsp3) is 0.261. The molecule has 0 amide bonds. The predicted octanol–water partition coefficient (Wildman–Crippen LogP) is 3.89. The van der Waals surface area contributed by atoms with Gasteiger partial charge in [-0.3, -0.25) is 4.79 Å². The van der Waals surface area contributed by atoms with E-state index in [4.69, 9.17) is 16.8 Å². The summed E-state index contributed by atoms with van der Waals surface area (Å²) in [7, 11) is -6.67. The third-order valence-electron chi connectivity index (χ3n) is 4.40. The summed E-state index contributed by atoms with van der Waals surface area (Å²) in [6.07, 6.45) is 7.52. The molecule has 0 spiro atoms. The monoisotopic (exact) mass is 478 g/mol. The summed E-state index contributed by atoms with van der Waals surface area (Å²) in [5.74, 6) is 0.0928. The van der Waals surface area contributed by atoms with Crippen LogP contribution in [-0.2, 0) is 31.9 Å². The van der Waals surface area contributed by atoms with E-state index in [0.717, 1.165) is 17.5 Å². The normalized spacial score (nSPS) is 11.2. The summed E-state index contributed by atoms with van der Waals surface area (Å²) < 4.78 is 53.5. The fourth-order valence-corrected chi connectivity index (χ4v) is 3.28. The van der Waals surface area contributed by atoms with Crippen LogP contribution < -0.4 is 4.18 Å². The molecule has 2 rings (SSSR count). The van der Waals surface area contributed by atoms with E-state index in [-0.39, 0.29) is 11.5 Å². The Kier molecular flexibility index (Phi) is 10.7. The molecule has 0 aliphatic rings. The Hall–Kier alpha value is -3.04. The van der Waals surface area contributed by atoms with Crippen molar-refractivity contribution in [2.24, 2.45) is 0 Å². The van der Waals surface area contributed by atoms with Gasteiger partial charge in [0.25, 0.3) is 0 Å². The summed E-state index contributed by atoms with van der Waals surface area (Å²) in [5.41, 5.74) is 5.00. The van der Waals surface area contributed by atoms with Gasteiger partial charge in [0, 0.05) is 0 Å². The number of benzene rings is 2. The van der Waals surface area contributed by atoms with Gasteiger partial charge in [-0.15, -0.1) is 12.6 Å². The molecule has 0 saturated heterocycles. The lowest BCUT2D eigenvalue weighted by Gasteiger charge is -2.08. The number of hydrogen-bond donors (Lipinski definition) is 0. The first kappa shape index (κ1) is 27.0. The largest absolute Gasteiger partial charge is 0.425 e. The van der Waals surface area contributed by atoms with Crippen molar-refractivity contribution in [3.63, 3.8) is 0 Å². The van der Waals surface area contributed by atoms with Gasteiger partial charge in [-0.05, 0) is 79.3 Å². The third-order valence-corrected chi connectivity index (χ3v) is 5.54. The van der Waals surface area contributed by atoms with Gasteiger partial charge in [0.1, 0.15) is 5.75 Å². The van der Waals surface area contributed by atoms with Crippen molar-refractivity contribution in [3.8, 4) is 5.75 Å². The Labute approximate surface area is 190 Å². The van der Waals surface area contributed by atoms with Gasteiger partial charge >= 0.3 is 20.7 Å².